The van der Waals surface area contributed by atoms with E-state index in [2.05, 4.69) is 116 Å². The summed E-state index contributed by atoms with van der Waals surface area (Å²) in [6.45, 7) is 34.5. The number of rotatable bonds is 26. The smallest absolute Gasteiger partial charge is 0.256 e. The van der Waals surface area contributed by atoms with E-state index < -0.39 is 0 Å². The molecule has 0 spiro atoms. The Morgan fingerprint density at radius 1 is 0.435 bits per heavy atom. The first-order valence-electron chi connectivity index (χ1n) is 38.1. The van der Waals surface area contributed by atoms with Gasteiger partial charge in [0.15, 0.2) is 0 Å². The van der Waals surface area contributed by atoms with Crippen LogP contribution in [0.25, 0.3) is 0 Å². The second-order valence-corrected chi connectivity index (χ2v) is 29.4. The Kier molecular flexibility index (Phi) is 28.0. The van der Waals surface area contributed by atoms with E-state index >= 15 is 0 Å². The van der Waals surface area contributed by atoms with E-state index in [0.717, 1.165) is 109 Å². The second-order valence-electron chi connectivity index (χ2n) is 29.4. The number of allylic oxidation sites excluding steroid dienone is 2. The summed E-state index contributed by atoms with van der Waals surface area (Å²) in [6.07, 6.45) is 22.0. The van der Waals surface area contributed by atoms with E-state index in [-0.39, 0.29) is 113 Å². The summed E-state index contributed by atoms with van der Waals surface area (Å²) in [5.41, 5.74) is 17.7. The van der Waals surface area contributed by atoms with Crippen LogP contribution in [0, 0.1) is 26.0 Å². The maximum atomic E-state index is 13.6. The summed E-state index contributed by atoms with van der Waals surface area (Å²) in [5.74, 6) is 2.43. The maximum Gasteiger partial charge on any atom is 0.256 e. The number of ether oxygens (including phenoxy) is 4. The van der Waals surface area contributed by atoms with Crippen molar-refractivity contribution in [3.63, 3.8) is 0 Å². The monoisotopic (exact) mass is 1600 g/mol. The van der Waals surface area contributed by atoms with Crippen molar-refractivity contribution in [3.05, 3.63) is 211 Å². The van der Waals surface area contributed by atoms with Gasteiger partial charge in [-0.2, -0.15) is 12.1 Å². The SMILES string of the molecule is C/C=C1\C[C@H]2C=Nc3cc(OCc4cc(COc5cc6c(cc5C)C(=O)N5C/C(=C/C)C[C@H]5C=N6)cc(CN(CC)CCCCC)c4)[c-]cc3C(=O)N2C1.C=C1C[C@H]2C=Nc3cc(OCc4cc(COc5cc6c(cc5C)C(=O)N5CC(=C)C[C@H]5C=N6)cc(CN(CC)CCCCC)c4)[c-]cc3C(=O)N2C1.[Y].[Y]. The molecule has 14 rings (SSSR count). The molecule has 0 aromatic heterocycles. The molecule has 0 N–H and O–H groups in total. The van der Waals surface area contributed by atoms with Gasteiger partial charge in [0.2, 0.25) is 11.8 Å². The van der Waals surface area contributed by atoms with Crippen LogP contribution in [0.4, 0.5) is 22.7 Å². The molecular weight excluding hydrogens is 1500 g/mol. The van der Waals surface area contributed by atoms with Gasteiger partial charge in [-0.05, 0) is 184 Å². The first kappa shape index (κ1) is 81.2. The fourth-order valence-electron chi connectivity index (χ4n) is 15.4. The van der Waals surface area contributed by atoms with E-state index in [1.165, 1.54) is 60.8 Å². The Labute approximate surface area is 688 Å². The molecule has 8 heterocycles. The molecule has 0 unspecified atom stereocenters. The number of aryl methyl sites for hydroxylation is 2. The molecule has 4 fully saturated rings. The zero-order valence-corrected chi connectivity index (χ0v) is 69.8. The van der Waals surface area contributed by atoms with Crippen molar-refractivity contribution in [2.45, 2.75) is 183 Å². The molecule has 6 aromatic rings. The van der Waals surface area contributed by atoms with Gasteiger partial charge in [0, 0.05) is 153 Å². The average Bonchev–Trinajstić information content (AvgIpc) is 1.63. The van der Waals surface area contributed by atoms with Crippen molar-refractivity contribution >= 4 is 71.2 Å². The van der Waals surface area contributed by atoms with Crippen LogP contribution < -0.4 is 18.9 Å². The molecule has 20 heteroatoms. The van der Waals surface area contributed by atoms with Crippen LogP contribution >= 0.6 is 0 Å². The van der Waals surface area contributed by atoms with Crippen LogP contribution in [0.3, 0.4) is 0 Å². The van der Waals surface area contributed by atoms with Gasteiger partial charge in [-0.25, -0.2) is 0 Å². The molecule has 4 atom stereocenters. The number of carbonyl (C=O) groups is 4. The second kappa shape index (κ2) is 37.3. The van der Waals surface area contributed by atoms with Gasteiger partial charge < -0.3 is 38.5 Å². The Morgan fingerprint density at radius 3 is 1.13 bits per heavy atom. The topological polar surface area (TPSA) is 174 Å². The molecule has 0 aliphatic carbocycles. The van der Waals surface area contributed by atoms with Crippen LogP contribution in [-0.4, -0.2) is 154 Å². The number of aliphatic imine (C=N–C) groups is 4. The van der Waals surface area contributed by atoms with E-state index in [9.17, 15) is 19.2 Å². The molecule has 2 radical (unpaired) electrons. The minimum atomic E-state index is -0.0619. The van der Waals surface area contributed by atoms with E-state index in [4.69, 9.17) is 33.9 Å². The van der Waals surface area contributed by atoms with Crippen molar-refractivity contribution in [1.29, 1.82) is 0 Å². The summed E-state index contributed by atoms with van der Waals surface area (Å²) in [4.78, 5) is 84.9. The molecule has 18 nitrogen and oxygen atoms in total. The van der Waals surface area contributed by atoms with Crippen LogP contribution in [0.2, 0.25) is 0 Å². The summed E-state index contributed by atoms with van der Waals surface area (Å²) in [6, 6.07) is 34.0. The number of hydrogen-bond acceptors (Lipinski definition) is 14. The normalized spacial score (nSPS) is 19.4. The fourth-order valence-corrected chi connectivity index (χ4v) is 15.4. The molecule has 4 amide bonds. The number of fused-ring (bicyclic) bond motifs is 8. The Balaban J connectivity index is 0.000000211. The largest absolute Gasteiger partial charge is 0.515 e. The molecule has 8 aliphatic rings. The van der Waals surface area contributed by atoms with Gasteiger partial charge in [0.1, 0.15) is 37.9 Å². The fraction of sp³-hybridized carbons (Fsp3) is 0.409. The van der Waals surface area contributed by atoms with Crippen LogP contribution in [0.15, 0.2) is 153 Å². The summed E-state index contributed by atoms with van der Waals surface area (Å²) >= 11 is 0. The van der Waals surface area contributed by atoms with Crippen molar-refractivity contribution < 1.29 is 104 Å². The Bertz CT molecular complexity index is 4580. The number of nitrogens with zero attached hydrogens (tertiary/aromatic N) is 10. The Morgan fingerprint density at radius 2 is 0.769 bits per heavy atom. The van der Waals surface area contributed by atoms with Gasteiger partial charge in [0.05, 0.1) is 46.7 Å². The third-order valence-electron chi connectivity index (χ3n) is 21.5. The number of carbonyl (C=O) groups excluding carboxylic acids is 4. The van der Waals surface area contributed by atoms with Crippen LogP contribution in [0.5, 0.6) is 23.0 Å². The zero-order chi connectivity index (χ0) is 74.1. The summed E-state index contributed by atoms with van der Waals surface area (Å²) < 4.78 is 25.5. The molecule has 8 aliphatic heterocycles. The third kappa shape index (κ3) is 19.1. The molecule has 0 bridgehead atoms. The zero-order valence-electron chi connectivity index (χ0n) is 64.1. The minimum absolute atomic E-state index is 0. The third-order valence-corrected chi connectivity index (χ3v) is 21.5. The van der Waals surface area contributed by atoms with Crippen LogP contribution in [0.1, 0.15) is 192 Å². The molecule has 4 saturated heterocycles. The molecule has 6 aromatic carbocycles. The molecule has 0 saturated carbocycles. The van der Waals surface area contributed by atoms with Gasteiger partial charge in [-0.1, -0.05) is 125 Å². The predicted molar refractivity (Wildman–Crippen MR) is 420 cm³/mol. The molecule has 108 heavy (non-hydrogen) atoms. The van der Waals surface area contributed by atoms with Crippen molar-refractivity contribution in [2.24, 2.45) is 20.0 Å². The van der Waals surface area contributed by atoms with Crippen molar-refractivity contribution in [2.75, 3.05) is 52.4 Å². The number of benzene rings is 6. The predicted octanol–water partition coefficient (Wildman–Crippen LogP) is 16.7. The summed E-state index contributed by atoms with van der Waals surface area (Å²) in [7, 11) is 0. The molecule has 558 valence electrons. The first-order chi connectivity index (χ1) is 51.4. The first-order valence-corrected chi connectivity index (χ1v) is 38.1. The quantitative estimate of drug-likeness (QED) is 0.0289. The number of amides is 4. The van der Waals surface area contributed by atoms with Crippen molar-refractivity contribution in [3.8, 4) is 23.0 Å². The minimum Gasteiger partial charge on any atom is -0.515 e. The van der Waals surface area contributed by atoms with Crippen molar-refractivity contribution in [1.82, 2.24) is 29.4 Å². The maximum absolute atomic E-state index is 13.6. The van der Waals surface area contributed by atoms with Gasteiger partial charge >= 0.3 is 0 Å². The summed E-state index contributed by atoms with van der Waals surface area (Å²) in [5, 5.41) is 0. The van der Waals surface area contributed by atoms with Gasteiger partial charge in [0.25, 0.3) is 11.8 Å². The van der Waals surface area contributed by atoms with E-state index in [1.54, 1.807) is 18.2 Å². The molecular formula is C88H100N10O8Y2-2. The Hall–Kier alpha value is -7.83. The average molecular weight is 1600 g/mol. The number of hydrogen-bond donors (Lipinski definition) is 0. The van der Waals surface area contributed by atoms with Crippen LogP contribution in [-0.2, 0) is 105 Å². The van der Waals surface area contributed by atoms with Gasteiger partial charge in [-0.3, -0.25) is 48.9 Å². The van der Waals surface area contributed by atoms with E-state index in [1.807, 2.05) is 102 Å². The van der Waals surface area contributed by atoms with E-state index in [0.29, 0.717) is 121 Å². The van der Waals surface area contributed by atoms with Gasteiger partial charge in [-0.15, -0.1) is 24.3 Å². The number of unbranched alkanes of at least 4 members (excludes halogenated alkanes) is 4. The standard InChI is InChI=1S/C45H52N5O4.C43H48N5O4.2Y/c1-6-10-11-14-48(9-4)25-33-16-34(28-53-38-12-13-39-41(21-38)46-23-36-19-31(7-2)26-49(36)44(39)51)18-35(17-33)29-54-43-22-42-40(15-30(43)5)45(52)50-27-32(8-3)20-37(50)24-47-42;1-6-8-9-12-46(7-2)25-31-16-32(26-51-36-10-11-37-39(19-36)44-21-34-13-28(3)23-47(34)42(37)49)18-33(17-31)27-52-41-20-40-38(15-30(41)5)43(50)48-24-29(4)14-35(48)22-45-40;;/h7-8,13,15-18,21-24,36-37H,6,9-11,14,19-20,25-29H2,1-5H3;11,15-22,34-35H,3-4,6-9,12-14,23-27H2,1-2,5H3;;/q2*-1;;/b31-7+,32-8+;;;/t36-,37-;34-,35-;;/m00../s1.